The number of ether oxygens (including phenoxy) is 1. The van der Waals surface area contributed by atoms with Crippen molar-refractivity contribution in [2.75, 3.05) is 19.7 Å². The molecule has 2 rings (SSSR count). The molecule has 0 radical (unpaired) electrons. The first-order chi connectivity index (χ1) is 10.9. The fourth-order valence-electron chi connectivity index (χ4n) is 2.71. The Morgan fingerprint density at radius 3 is 2.43 bits per heavy atom. The number of likely N-dealkylation sites (tertiary alicyclic amines) is 1. The van der Waals surface area contributed by atoms with Crippen LogP contribution in [-0.2, 0) is 19.7 Å². The lowest BCUT2D eigenvalue weighted by Gasteiger charge is -2.25. The third-order valence-corrected chi connectivity index (χ3v) is 4.58. The number of carbonyl (C=O) groups excluding carboxylic acids is 2. The van der Waals surface area contributed by atoms with Crippen LogP contribution < -0.4 is 0 Å². The number of nitrogens with zero attached hydrogens (tertiary/aromatic N) is 1. The van der Waals surface area contributed by atoms with Crippen LogP contribution >= 0.6 is 11.6 Å². The van der Waals surface area contributed by atoms with E-state index in [2.05, 4.69) is 0 Å². The molecule has 1 heterocycles. The number of hydrogen-bond acceptors (Lipinski definition) is 3. The van der Waals surface area contributed by atoms with Crippen LogP contribution in [0.2, 0.25) is 5.02 Å². The predicted molar refractivity (Wildman–Crippen MR) is 90.5 cm³/mol. The Hall–Kier alpha value is -1.55. The predicted octanol–water partition coefficient (Wildman–Crippen LogP) is 3.56. The topological polar surface area (TPSA) is 46.6 Å². The van der Waals surface area contributed by atoms with Gasteiger partial charge in [0.15, 0.2) is 6.61 Å². The third kappa shape index (κ3) is 4.71. The Labute approximate surface area is 142 Å². The maximum atomic E-state index is 12.4. The second-order valence-corrected chi connectivity index (χ2v) is 6.94. The molecule has 1 aromatic rings. The minimum absolute atomic E-state index is 0.109. The van der Waals surface area contributed by atoms with Crippen molar-refractivity contribution in [3.8, 4) is 0 Å². The number of halogens is 1. The van der Waals surface area contributed by atoms with Gasteiger partial charge in [0, 0.05) is 18.1 Å². The Morgan fingerprint density at radius 2 is 1.83 bits per heavy atom. The van der Waals surface area contributed by atoms with Crippen LogP contribution in [0.3, 0.4) is 0 Å². The zero-order chi connectivity index (χ0) is 16.9. The van der Waals surface area contributed by atoms with Gasteiger partial charge in [-0.25, -0.2) is 0 Å². The zero-order valence-electron chi connectivity index (χ0n) is 13.8. The van der Waals surface area contributed by atoms with Crippen molar-refractivity contribution >= 4 is 23.5 Å². The quantitative estimate of drug-likeness (QED) is 0.789. The zero-order valence-corrected chi connectivity index (χ0v) is 14.6. The minimum atomic E-state index is -0.843. The number of rotatable bonds is 4. The number of hydrogen-bond donors (Lipinski definition) is 0. The van der Waals surface area contributed by atoms with Crippen molar-refractivity contribution in [1.29, 1.82) is 0 Å². The molecule has 5 heteroatoms. The van der Waals surface area contributed by atoms with Crippen LogP contribution in [-0.4, -0.2) is 36.5 Å². The summed E-state index contributed by atoms with van der Waals surface area (Å²) in [7, 11) is 0. The fraction of sp³-hybridized carbons (Fsp3) is 0.556. The van der Waals surface area contributed by atoms with E-state index in [-0.39, 0.29) is 12.5 Å². The maximum Gasteiger partial charge on any atom is 0.316 e. The molecule has 1 saturated heterocycles. The van der Waals surface area contributed by atoms with E-state index in [1.54, 1.807) is 36.9 Å². The lowest BCUT2D eigenvalue weighted by molar-refractivity contribution is -0.156. The van der Waals surface area contributed by atoms with Crippen LogP contribution in [0.5, 0.6) is 0 Å². The van der Waals surface area contributed by atoms with Crippen molar-refractivity contribution in [2.45, 2.75) is 44.9 Å². The van der Waals surface area contributed by atoms with Gasteiger partial charge < -0.3 is 9.64 Å². The number of esters is 1. The fourth-order valence-corrected chi connectivity index (χ4v) is 2.90. The molecule has 4 nitrogen and oxygen atoms in total. The Bertz CT molecular complexity index is 563. The highest BCUT2D eigenvalue weighted by atomic mass is 35.5. The van der Waals surface area contributed by atoms with Crippen molar-refractivity contribution in [2.24, 2.45) is 0 Å². The molecule has 0 bridgehead atoms. The van der Waals surface area contributed by atoms with Gasteiger partial charge in [-0.1, -0.05) is 36.6 Å². The summed E-state index contributed by atoms with van der Waals surface area (Å²) < 4.78 is 5.28. The smallest absolute Gasteiger partial charge is 0.316 e. The molecule has 1 aliphatic rings. The highest BCUT2D eigenvalue weighted by Gasteiger charge is 2.32. The van der Waals surface area contributed by atoms with Crippen LogP contribution in [0.15, 0.2) is 24.3 Å². The molecule has 23 heavy (non-hydrogen) atoms. The van der Waals surface area contributed by atoms with Gasteiger partial charge in [0.25, 0.3) is 5.91 Å². The van der Waals surface area contributed by atoms with Gasteiger partial charge in [-0.2, -0.15) is 0 Å². The molecule has 0 aliphatic carbocycles. The minimum Gasteiger partial charge on any atom is -0.455 e. The number of benzene rings is 1. The first kappa shape index (κ1) is 17.8. The van der Waals surface area contributed by atoms with E-state index in [1.165, 1.54) is 0 Å². The van der Waals surface area contributed by atoms with Gasteiger partial charge in [-0.15, -0.1) is 0 Å². The monoisotopic (exact) mass is 337 g/mol. The van der Waals surface area contributed by atoms with Crippen molar-refractivity contribution < 1.29 is 14.3 Å². The molecule has 1 amide bonds. The summed E-state index contributed by atoms with van der Waals surface area (Å²) in [4.78, 5) is 26.4. The van der Waals surface area contributed by atoms with Crippen molar-refractivity contribution in [3.05, 3.63) is 34.9 Å². The summed E-state index contributed by atoms with van der Waals surface area (Å²) in [5, 5.41) is 0.573. The average molecular weight is 338 g/mol. The molecule has 126 valence electrons. The number of amides is 1. The largest absolute Gasteiger partial charge is 0.455 e. The van der Waals surface area contributed by atoms with E-state index in [0.29, 0.717) is 5.02 Å². The molecule has 0 atom stereocenters. The summed E-state index contributed by atoms with van der Waals surface area (Å²) >= 11 is 5.99. The molecular weight excluding hydrogens is 314 g/mol. The molecule has 0 unspecified atom stereocenters. The standard InChI is InChI=1S/C18H24ClNO3/c1-18(2,14-8-7-9-15(19)12-14)17(22)23-13-16(21)20-10-5-3-4-6-11-20/h7-9,12H,3-6,10-11,13H2,1-2H3. The number of carbonyl (C=O) groups is 2. The summed E-state index contributed by atoms with van der Waals surface area (Å²) in [6.45, 7) is 4.87. The Morgan fingerprint density at radius 1 is 1.17 bits per heavy atom. The van der Waals surface area contributed by atoms with Gasteiger partial charge in [-0.3, -0.25) is 9.59 Å². The van der Waals surface area contributed by atoms with Gasteiger partial charge in [0.2, 0.25) is 0 Å². The molecule has 1 fully saturated rings. The van der Waals surface area contributed by atoms with Crippen molar-refractivity contribution in [3.63, 3.8) is 0 Å². The molecular formula is C18H24ClNO3. The summed E-state index contributed by atoms with van der Waals surface area (Å²) in [5.74, 6) is -0.523. The van der Waals surface area contributed by atoms with E-state index in [1.807, 2.05) is 6.07 Å². The van der Waals surface area contributed by atoms with Crippen LogP contribution in [0.25, 0.3) is 0 Å². The first-order valence-electron chi connectivity index (χ1n) is 8.12. The summed E-state index contributed by atoms with van der Waals surface area (Å²) in [6.07, 6.45) is 4.36. The lowest BCUT2D eigenvalue weighted by atomic mass is 9.85. The van der Waals surface area contributed by atoms with E-state index in [4.69, 9.17) is 16.3 Å². The molecule has 0 aromatic heterocycles. The van der Waals surface area contributed by atoms with E-state index < -0.39 is 11.4 Å². The van der Waals surface area contributed by atoms with E-state index in [9.17, 15) is 9.59 Å². The summed E-state index contributed by atoms with van der Waals surface area (Å²) in [6, 6.07) is 7.15. The first-order valence-corrected chi connectivity index (χ1v) is 8.50. The molecule has 1 aromatic carbocycles. The normalized spacial score (nSPS) is 15.9. The Balaban J connectivity index is 1.94. The van der Waals surface area contributed by atoms with Crippen LogP contribution in [0.1, 0.15) is 45.1 Å². The van der Waals surface area contributed by atoms with Crippen LogP contribution in [0.4, 0.5) is 0 Å². The molecule has 1 aliphatic heterocycles. The van der Waals surface area contributed by atoms with E-state index in [0.717, 1.165) is 44.3 Å². The Kier molecular flexibility index (Phi) is 6.05. The van der Waals surface area contributed by atoms with Crippen molar-refractivity contribution in [1.82, 2.24) is 4.90 Å². The second kappa shape index (κ2) is 7.82. The highest BCUT2D eigenvalue weighted by Crippen LogP contribution is 2.27. The SMILES string of the molecule is CC(C)(C(=O)OCC(=O)N1CCCCCC1)c1cccc(Cl)c1. The third-order valence-electron chi connectivity index (χ3n) is 4.34. The van der Waals surface area contributed by atoms with Gasteiger partial charge >= 0.3 is 5.97 Å². The maximum absolute atomic E-state index is 12.4. The van der Waals surface area contributed by atoms with Gasteiger partial charge in [-0.05, 0) is 44.4 Å². The molecule has 0 N–H and O–H groups in total. The van der Waals surface area contributed by atoms with Crippen LogP contribution in [0, 0.1) is 0 Å². The molecule has 0 saturated carbocycles. The van der Waals surface area contributed by atoms with E-state index >= 15 is 0 Å². The summed E-state index contributed by atoms with van der Waals surface area (Å²) in [5.41, 5.74) is -0.0681. The lowest BCUT2D eigenvalue weighted by Crippen LogP contribution is -2.38. The second-order valence-electron chi connectivity index (χ2n) is 6.51. The highest BCUT2D eigenvalue weighted by molar-refractivity contribution is 6.30. The van der Waals surface area contributed by atoms with Gasteiger partial charge in [0.05, 0.1) is 5.41 Å². The van der Waals surface area contributed by atoms with Gasteiger partial charge in [0.1, 0.15) is 0 Å². The average Bonchev–Trinajstić information content (AvgIpc) is 2.81. The molecule has 0 spiro atoms.